The minimum Gasteiger partial charge on any atom is -0.377 e. The number of carbonyl (C=O) groups is 1. The molecule has 0 saturated heterocycles. The van der Waals surface area contributed by atoms with Gasteiger partial charge in [0.2, 0.25) is 0 Å². The summed E-state index contributed by atoms with van der Waals surface area (Å²) in [7, 11) is 1.62. The molecule has 1 aromatic carbocycles. The van der Waals surface area contributed by atoms with E-state index in [-0.39, 0.29) is 12.5 Å². The second kappa shape index (κ2) is 6.93. The van der Waals surface area contributed by atoms with E-state index in [9.17, 15) is 4.79 Å². The van der Waals surface area contributed by atoms with Gasteiger partial charge in [-0.25, -0.2) is 0 Å². The van der Waals surface area contributed by atoms with Crippen LogP contribution in [-0.4, -0.2) is 31.7 Å². The lowest BCUT2D eigenvalue weighted by Gasteiger charge is -2.23. The number of carbonyl (C=O) groups excluding carboxylic acids is 1. The third kappa shape index (κ3) is 4.74. The molecule has 4 nitrogen and oxygen atoms in total. The number of nitrogens with one attached hydrogen (secondary N) is 1. The number of nitrogens with two attached hydrogens (primary N) is 1. The number of hydrogen-bond acceptors (Lipinski definition) is 3. The maximum atomic E-state index is 12.1. The Bertz CT molecular complexity index is 498. The summed E-state index contributed by atoms with van der Waals surface area (Å²) in [6.07, 6.45) is 0. The molecule has 0 aliphatic carbocycles. The third-order valence-corrected chi connectivity index (χ3v) is 2.72. The van der Waals surface area contributed by atoms with Gasteiger partial charge in [-0.05, 0) is 26.0 Å². The lowest BCUT2D eigenvalue weighted by atomic mass is 10.1. The van der Waals surface area contributed by atoms with Crippen molar-refractivity contribution < 1.29 is 9.53 Å². The first kappa shape index (κ1) is 15.2. The van der Waals surface area contributed by atoms with Crippen LogP contribution in [0.4, 0.5) is 0 Å². The molecule has 0 saturated carbocycles. The van der Waals surface area contributed by atoms with Gasteiger partial charge in [0.15, 0.2) is 0 Å². The minimum absolute atomic E-state index is 0.160. The van der Waals surface area contributed by atoms with E-state index in [0.29, 0.717) is 17.7 Å². The predicted molar refractivity (Wildman–Crippen MR) is 75.8 cm³/mol. The number of methoxy groups -OCH3 is 1. The van der Waals surface area contributed by atoms with Crippen molar-refractivity contribution in [2.75, 3.05) is 20.2 Å². The van der Waals surface area contributed by atoms with Gasteiger partial charge < -0.3 is 15.8 Å². The van der Waals surface area contributed by atoms with Gasteiger partial charge in [-0.15, -0.1) is 0 Å². The molecule has 0 fully saturated rings. The zero-order valence-electron chi connectivity index (χ0n) is 11.6. The standard InChI is InChI=1S/C15H20N2O2/c1-15(2,19-3)11-17-14(18)13-9-5-4-7-12(13)8-6-10-16/h4-5,7,9H,10-11,16H2,1-3H3,(H,17,18). The maximum absolute atomic E-state index is 12.1. The van der Waals surface area contributed by atoms with Crippen molar-refractivity contribution in [3.63, 3.8) is 0 Å². The van der Waals surface area contributed by atoms with Crippen LogP contribution < -0.4 is 11.1 Å². The number of rotatable bonds is 4. The maximum Gasteiger partial charge on any atom is 0.252 e. The highest BCUT2D eigenvalue weighted by molar-refractivity contribution is 5.96. The Hall–Kier alpha value is -1.83. The molecule has 1 amide bonds. The molecule has 0 unspecified atom stereocenters. The summed E-state index contributed by atoms with van der Waals surface area (Å²) in [4.78, 5) is 12.1. The SMILES string of the molecule is COC(C)(C)CNC(=O)c1ccccc1C#CCN. The number of benzene rings is 1. The summed E-state index contributed by atoms with van der Waals surface area (Å²) in [6, 6.07) is 7.20. The first-order valence-electron chi connectivity index (χ1n) is 6.11. The second-order valence-corrected chi connectivity index (χ2v) is 4.70. The Balaban J connectivity index is 2.83. The van der Waals surface area contributed by atoms with E-state index < -0.39 is 5.60 Å². The largest absolute Gasteiger partial charge is 0.377 e. The first-order valence-corrected chi connectivity index (χ1v) is 6.11. The van der Waals surface area contributed by atoms with E-state index in [1.165, 1.54) is 0 Å². The molecule has 0 heterocycles. The summed E-state index contributed by atoms with van der Waals surface area (Å²) in [5.74, 6) is 5.49. The van der Waals surface area contributed by atoms with Gasteiger partial charge in [-0.2, -0.15) is 0 Å². The second-order valence-electron chi connectivity index (χ2n) is 4.70. The predicted octanol–water partition coefficient (Wildman–Crippen LogP) is 1.15. The zero-order chi connectivity index (χ0) is 14.3. The Morgan fingerprint density at radius 3 is 2.74 bits per heavy atom. The van der Waals surface area contributed by atoms with Crippen molar-refractivity contribution in [1.82, 2.24) is 5.32 Å². The van der Waals surface area contributed by atoms with Crippen LogP contribution in [0, 0.1) is 11.8 Å². The van der Waals surface area contributed by atoms with Crippen molar-refractivity contribution in [3.8, 4) is 11.8 Å². The topological polar surface area (TPSA) is 64.3 Å². The molecule has 0 aliphatic rings. The zero-order valence-corrected chi connectivity index (χ0v) is 11.6. The van der Waals surface area contributed by atoms with Crippen LogP contribution in [-0.2, 0) is 4.74 Å². The van der Waals surface area contributed by atoms with E-state index in [1.807, 2.05) is 26.0 Å². The molecule has 0 bridgehead atoms. The van der Waals surface area contributed by atoms with Crippen LogP contribution in [0.25, 0.3) is 0 Å². The molecule has 0 aromatic heterocycles. The fourth-order valence-electron chi connectivity index (χ4n) is 1.40. The number of ether oxygens (including phenoxy) is 1. The average Bonchev–Trinajstić information content (AvgIpc) is 2.43. The molecule has 0 aliphatic heterocycles. The molecule has 0 spiro atoms. The summed E-state index contributed by atoms with van der Waals surface area (Å²) in [5, 5.41) is 2.84. The van der Waals surface area contributed by atoms with Crippen molar-refractivity contribution >= 4 is 5.91 Å². The quantitative estimate of drug-likeness (QED) is 0.798. The molecular weight excluding hydrogens is 240 g/mol. The van der Waals surface area contributed by atoms with E-state index >= 15 is 0 Å². The summed E-state index contributed by atoms with van der Waals surface area (Å²) in [5.41, 5.74) is 6.18. The fraction of sp³-hybridized carbons (Fsp3) is 0.400. The van der Waals surface area contributed by atoms with Gasteiger partial charge in [0.1, 0.15) is 0 Å². The van der Waals surface area contributed by atoms with Gasteiger partial charge in [0, 0.05) is 19.2 Å². The molecule has 4 heteroatoms. The molecule has 102 valence electrons. The molecule has 0 radical (unpaired) electrons. The monoisotopic (exact) mass is 260 g/mol. The highest BCUT2D eigenvalue weighted by atomic mass is 16.5. The summed E-state index contributed by atoms with van der Waals surface area (Å²) < 4.78 is 5.26. The Morgan fingerprint density at radius 1 is 1.42 bits per heavy atom. The number of hydrogen-bond donors (Lipinski definition) is 2. The van der Waals surface area contributed by atoms with Crippen LogP contribution in [0.3, 0.4) is 0 Å². The lowest BCUT2D eigenvalue weighted by molar-refractivity contribution is 0.0228. The van der Waals surface area contributed by atoms with Gasteiger partial charge in [0.05, 0.1) is 17.7 Å². The Kier molecular flexibility index (Phi) is 5.56. The van der Waals surface area contributed by atoms with E-state index in [4.69, 9.17) is 10.5 Å². The van der Waals surface area contributed by atoms with Crippen molar-refractivity contribution in [2.24, 2.45) is 5.73 Å². The average molecular weight is 260 g/mol. The third-order valence-electron chi connectivity index (χ3n) is 2.72. The van der Waals surface area contributed by atoms with Crippen molar-refractivity contribution in [3.05, 3.63) is 35.4 Å². The number of amides is 1. The Morgan fingerprint density at radius 2 is 2.11 bits per heavy atom. The molecule has 19 heavy (non-hydrogen) atoms. The first-order chi connectivity index (χ1) is 9.00. The van der Waals surface area contributed by atoms with Gasteiger partial charge in [-0.1, -0.05) is 24.0 Å². The molecule has 3 N–H and O–H groups in total. The van der Waals surface area contributed by atoms with Crippen LogP contribution in [0.5, 0.6) is 0 Å². The van der Waals surface area contributed by atoms with Crippen LogP contribution in [0.15, 0.2) is 24.3 Å². The van der Waals surface area contributed by atoms with E-state index in [1.54, 1.807) is 19.2 Å². The molecule has 1 aromatic rings. The van der Waals surface area contributed by atoms with E-state index in [2.05, 4.69) is 17.2 Å². The van der Waals surface area contributed by atoms with Crippen LogP contribution >= 0.6 is 0 Å². The molecular formula is C15H20N2O2. The highest BCUT2D eigenvalue weighted by Crippen LogP contribution is 2.09. The van der Waals surface area contributed by atoms with Gasteiger partial charge >= 0.3 is 0 Å². The summed E-state index contributed by atoms with van der Waals surface area (Å²) in [6.45, 7) is 4.52. The van der Waals surface area contributed by atoms with Gasteiger partial charge in [0.25, 0.3) is 5.91 Å². The molecule has 1 rings (SSSR count). The smallest absolute Gasteiger partial charge is 0.252 e. The van der Waals surface area contributed by atoms with Gasteiger partial charge in [-0.3, -0.25) is 4.79 Å². The summed E-state index contributed by atoms with van der Waals surface area (Å²) >= 11 is 0. The lowest BCUT2D eigenvalue weighted by Crippen LogP contribution is -2.39. The van der Waals surface area contributed by atoms with E-state index in [0.717, 1.165) is 0 Å². The normalized spacial score (nSPS) is 10.5. The molecule has 0 atom stereocenters. The fourth-order valence-corrected chi connectivity index (χ4v) is 1.40. The van der Waals surface area contributed by atoms with Crippen LogP contribution in [0.2, 0.25) is 0 Å². The minimum atomic E-state index is -0.395. The highest BCUT2D eigenvalue weighted by Gasteiger charge is 2.18. The van der Waals surface area contributed by atoms with Crippen LogP contribution in [0.1, 0.15) is 29.8 Å². The van der Waals surface area contributed by atoms with Crippen molar-refractivity contribution in [2.45, 2.75) is 19.4 Å². The van der Waals surface area contributed by atoms with Crippen molar-refractivity contribution in [1.29, 1.82) is 0 Å². The Labute approximate surface area is 114 Å².